The van der Waals surface area contributed by atoms with E-state index < -0.39 is 0 Å². The molecule has 0 aliphatic rings. The van der Waals surface area contributed by atoms with Gasteiger partial charge in [-0.15, -0.1) is 9.24 Å². The number of hydrogen-bond donors (Lipinski definition) is 0. The van der Waals surface area contributed by atoms with E-state index in [1.807, 2.05) is 36.4 Å². The Kier molecular flexibility index (Phi) is 6.74. The lowest BCUT2D eigenvalue weighted by Gasteiger charge is -2.25. The highest BCUT2D eigenvalue weighted by Gasteiger charge is 2.27. The number of hydrogen-bond acceptors (Lipinski definition) is 4. The summed E-state index contributed by atoms with van der Waals surface area (Å²) in [4.78, 5) is 0. The highest BCUT2D eigenvalue weighted by Crippen LogP contribution is 2.46. The minimum atomic E-state index is 0.0275. The summed E-state index contributed by atoms with van der Waals surface area (Å²) < 4.78 is 22.5. The van der Waals surface area contributed by atoms with E-state index in [2.05, 4.69) is 9.24 Å². The first kappa shape index (κ1) is 18.4. The second-order valence-electron chi connectivity index (χ2n) is 5.28. The highest BCUT2D eigenvalue weighted by molar-refractivity contribution is 7.16. The fourth-order valence-corrected chi connectivity index (χ4v) is 3.38. The maximum Gasteiger partial charge on any atom is 0.126 e. The molecule has 4 nitrogen and oxygen atoms in total. The van der Waals surface area contributed by atoms with Gasteiger partial charge < -0.3 is 18.9 Å². The Morgan fingerprint density at radius 2 is 1.04 bits per heavy atom. The van der Waals surface area contributed by atoms with Crippen LogP contribution in [0.1, 0.15) is 23.5 Å². The lowest BCUT2D eigenvalue weighted by molar-refractivity contribution is 0.368. The maximum atomic E-state index is 5.62. The van der Waals surface area contributed by atoms with Gasteiger partial charge in [0.15, 0.2) is 0 Å². The lowest BCUT2D eigenvalue weighted by atomic mass is 9.86. The van der Waals surface area contributed by atoms with Crippen LogP contribution in [0.3, 0.4) is 0 Å². The van der Waals surface area contributed by atoms with Crippen LogP contribution in [0.5, 0.6) is 23.0 Å². The first-order chi connectivity index (χ1) is 11.7. The van der Waals surface area contributed by atoms with Crippen LogP contribution in [0.15, 0.2) is 36.4 Å². The molecule has 1 unspecified atom stereocenters. The quantitative estimate of drug-likeness (QED) is 0.673. The molecule has 2 aromatic rings. The molecule has 2 aromatic carbocycles. The van der Waals surface area contributed by atoms with E-state index in [4.69, 9.17) is 18.9 Å². The molecule has 0 radical (unpaired) electrons. The molecule has 24 heavy (non-hydrogen) atoms. The Balaban J connectivity index is 2.73. The van der Waals surface area contributed by atoms with Crippen LogP contribution in [-0.4, -0.2) is 34.6 Å². The minimum Gasteiger partial charge on any atom is -0.496 e. The Morgan fingerprint density at radius 3 is 1.29 bits per heavy atom. The van der Waals surface area contributed by atoms with Crippen molar-refractivity contribution in [2.24, 2.45) is 0 Å². The van der Waals surface area contributed by atoms with Crippen LogP contribution in [0.4, 0.5) is 0 Å². The summed E-state index contributed by atoms with van der Waals surface area (Å²) in [5.74, 6) is 3.22. The average molecular weight is 348 g/mol. The van der Waals surface area contributed by atoms with Gasteiger partial charge in [-0.1, -0.05) is 12.1 Å². The van der Waals surface area contributed by atoms with Gasteiger partial charge in [-0.25, -0.2) is 0 Å². The van der Waals surface area contributed by atoms with Crippen molar-refractivity contribution in [1.82, 2.24) is 0 Å². The van der Waals surface area contributed by atoms with Crippen LogP contribution in [0.25, 0.3) is 0 Å². The Labute approximate surface area is 146 Å². The molecule has 0 saturated heterocycles. The molecule has 0 spiro atoms. The summed E-state index contributed by atoms with van der Waals surface area (Å²) >= 11 is 0. The smallest absolute Gasteiger partial charge is 0.126 e. The molecule has 2 rings (SSSR count). The van der Waals surface area contributed by atoms with Crippen molar-refractivity contribution < 1.29 is 18.9 Å². The standard InChI is InChI=1S/C19H25O4P/c1-20-14-7-5-8-15(21-2)18(14)13(11-12-24)19-16(22-3)9-6-10-17(19)23-4/h5-10,13H,11-12,24H2,1-4H3. The Bertz CT molecular complexity index is 572. The molecule has 130 valence electrons. The van der Waals surface area contributed by atoms with Crippen LogP contribution in [-0.2, 0) is 0 Å². The van der Waals surface area contributed by atoms with Gasteiger partial charge in [-0.05, 0) is 36.8 Å². The fourth-order valence-electron chi connectivity index (χ4n) is 3.05. The van der Waals surface area contributed by atoms with Crippen molar-refractivity contribution in [3.63, 3.8) is 0 Å². The number of methoxy groups -OCH3 is 4. The summed E-state index contributed by atoms with van der Waals surface area (Å²) in [6.07, 6.45) is 1.81. The first-order valence-corrected chi connectivity index (χ1v) is 8.65. The van der Waals surface area contributed by atoms with Crippen molar-refractivity contribution in [3.05, 3.63) is 47.5 Å². The molecular formula is C19H25O4P. The zero-order valence-electron chi connectivity index (χ0n) is 14.7. The predicted octanol–water partition coefficient (Wildman–Crippen LogP) is 4.12. The Morgan fingerprint density at radius 1 is 0.708 bits per heavy atom. The van der Waals surface area contributed by atoms with E-state index in [-0.39, 0.29) is 5.92 Å². The van der Waals surface area contributed by atoms with Gasteiger partial charge in [0.1, 0.15) is 23.0 Å². The van der Waals surface area contributed by atoms with Crippen LogP contribution in [0, 0.1) is 0 Å². The van der Waals surface area contributed by atoms with E-state index in [0.29, 0.717) is 0 Å². The van der Waals surface area contributed by atoms with Crippen LogP contribution < -0.4 is 18.9 Å². The molecule has 0 amide bonds. The molecular weight excluding hydrogens is 323 g/mol. The number of benzene rings is 2. The third-order valence-electron chi connectivity index (χ3n) is 4.08. The SMILES string of the molecule is COc1cccc(OC)c1C(CCP)c1c(OC)cccc1OC. The molecule has 0 aromatic heterocycles. The van der Waals surface area contributed by atoms with Gasteiger partial charge >= 0.3 is 0 Å². The molecule has 0 aliphatic carbocycles. The minimum absolute atomic E-state index is 0.0275. The lowest BCUT2D eigenvalue weighted by Crippen LogP contribution is -2.09. The van der Waals surface area contributed by atoms with E-state index in [1.165, 1.54) is 0 Å². The van der Waals surface area contributed by atoms with Crippen LogP contribution in [0.2, 0.25) is 0 Å². The molecule has 0 fully saturated rings. The predicted molar refractivity (Wildman–Crippen MR) is 100 cm³/mol. The summed E-state index contributed by atoms with van der Waals surface area (Å²) in [7, 11) is 9.49. The molecule has 0 saturated carbocycles. The molecule has 0 bridgehead atoms. The molecule has 5 heteroatoms. The third kappa shape index (κ3) is 3.59. The second-order valence-corrected chi connectivity index (χ2v) is 5.86. The summed E-state index contributed by atoms with van der Waals surface area (Å²) in [6.45, 7) is 0. The monoisotopic (exact) mass is 348 g/mol. The van der Waals surface area contributed by atoms with E-state index in [1.54, 1.807) is 28.4 Å². The summed E-state index contributed by atoms with van der Waals surface area (Å²) in [5.41, 5.74) is 2.01. The van der Waals surface area contributed by atoms with E-state index in [0.717, 1.165) is 46.7 Å². The largest absolute Gasteiger partial charge is 0.496 e. The molecule has 0 heterocycles. The summed E-state index contributed by atoms with van der Waals surface area (Å²) in [6, 6.07) is 11.7. The number of rotatable bonds is 8. The second kappa shape index (κ2) is 8.79. The van der Waals surface area contributed by atoms with Gasteiger partial charge in [-0.2, -0.15) is 0 Å². The van der Waals surface area contributed by atoms with Crippen molar-refractivity contribution in [1.29, 1.82) is 0 Å². The average Bonchev–Trinajstić information content (AvgIpc) is 2.64. The van der Waals surface area contributed by atoms with Gasteiger partial charge in [-0.3, -0.25) is 0 Å². The first-order valence-electron chi connectivity index (χ1n) is 7.83. The van der Waals surface area contributed by atoms with Gasteiger partial charge in [0, 0.05) is 17.0 Å². The van der Waals surface area contributed by atoms with Crippen molar-refractivity contribution in [2.75, 3.05) is 34.6 Å². The molecule has 0 N–H and O–H groups in total. The molecule has 0 aliphatic heterocycles. The highest BCUT2D eigenvalue weighted by atomic mass is 31.0. The summed E-state index contributed by atoms with van der Waals surface area (Å²) in [5, 5.41) is 0. The van der Waals surface area contributed by atoms with Gasteiger partial charge in [0.25, 0.3) is 0 Å². The zero-order chi connectivity index (χ0) is 17.5. The topological polar surface area (TPSA) is 36.9 Å². The van der Waals surface area contributed by atoms with E-state index >= 15 is 0 Å². The molecule has 1 atom stereocenters. The van der Waals surface area contributed by atoms with E-state index in [9.17, 15) is 0 Å². The third-order valence-corrected chi connectivity index (χ3v) is 4.42. The van der Waals surface area contributed by atoms with Crippen molar-refractivity contribution in [2.45, 2.75) is 12.3 Å². The van der Waals surface area contributed by atoms with Crippen molar-refractivity contribution in [3.8, 4) is 23.0 Å². The zero-order valence-corrected chi connectivity index (χ0v) is 15.8. The van der Waals surface area contributed by atoms with Gasteiger partial charge in [0.2, 0.25) is 0 Å². The van der Waals surface area contributed by atoms with Crippen LogP contribution >= 0.6 is 9.24 Å². The number of ether oxygens (including phenoxy) is 4. The maximum absolute atomic E-state index is 5.62. The normalized spacial score (nSPS) is 10.6. The Hall–Kier alpha value is -1.93. The van der Waals surface area contributed by atoms with Crippen molar-refractivity contribution >= 4 is 9.24 Å². The fraction of sp³-hybridized carbons (Fsp3) is 0.368. The van der Waals surface area contributed by atoms with Gasteiger partial charge in [0.05, 0.1) is 28.4 Å².